The number of aliphatic carboxylic acids is 1. The molecular formula is C12H24N2O3. The highest BCUT2D eigenvalue weighted by Gasteiger charge is 2.19. The van der Waals surface area contributed by atoms with Crippen LogP contribution < -0.4 is 0 Å². The number of amides is 2. The van der Waals surface area contributed by atoms with Gasteiger partial charge in [-0.25, -0.2) is 4.79 Å². The molecule has 0 aromatic heterocycles. The third-order valence-electron chi connectivity index (χ3n) is 2.66. The molecular weight excluding hydrogens is 220 g/mol. The summed E-state index contributed by atoms with van der Waals surface area (Å²) in [5.74, 6) is -0.870. The molecule has 0 aromatic carbocycles. The Kier molecular flexibility index (Phi) is 6.61. The lowest BCUT2D eigenvalue weighted by Crippen LogP contribution is -2.42. The first-order valence-electron chi connectivity index (χ1n) is 5.94. The van der Waals surface area contributed by atoms with Gasteiger partial charge in [-0.1, -0.05) is 20.8 Å². The Labute approximate surface area is 103 Å². The van der Waals surface area contributed by atoms with Gasteiger partial charge in [0.15, 0.2) is 0 Å². The van der Waals surface area contributed by atoms with Crippen molar-refractivity contribution in [3.8, 4) is 0 Å². The van der Waals surface area contributed by atoms with Crippen LogP contribution in [0, 0.1) is 11.8 Å². The van der Waals surface area contributed by atoms with Gasteiger partial charge in [0.05, 0.1) is 5.92 Å². The van der Waals surface area contributed by atoms with Crippen molar-refractivity contribution in [3.05, 3.63) is 0 Å². The van der Waals surface area contributed by atoms with Crippen LogP contribution in [0.5, 0.6) is 0 Å². The summed E-state index contributed by atoms with van der Waals surface area (Å²) >= 11 is 0. The summed E-state index contributed by atoms with van der Waals surface area (Å²) in [5.41, 5.74) is 0. The van der Waals surface area contributed by atoms with Crippen LogP contribution >= 0.6 is 0 Å². The molecule has 17 heavy (non-hydrogen) atoms. The fourth-order valence-corrected chi connectivity index (χ4v) is 1.41. The molecule has 5 nitrogen and oxygen atoms in total. The van der Waals surface area contributed by atoms with E-state index in [9.17, 15) is 9.59 Å². The van der Waals surface area contributed by atoms with Crippen LogP contribution in [-0.2, 0) is 4.79 Å². The monoisotopic (exact) mass is 244 g/mol. The smallest absolute Gasteiger partial charge is 0.319 e. The van der Waals surface area contributed by atoms with E-state index in [-0.39, 0.29) is 12.6 Å². The Balaban J connectivity index is 4.15. The summed E-state index contributed by atoms with van der Waals surface area (Å²) in [7, 11) is 3.38. The Morgan fingerprint density at radius 3 is 2.06 bits per heavy atom. The van der Waals surface area contributed by atoms with Crippen LogP contribution in [-0.4, -0.2) is 54.1 Å². The minimum atomic E-state index is -0.880. The Morgan fingerprint density at radius 1 is 1.12 bits per heavy atom. The van der Waals surface area contributed by atoms with E-state index in [1.165, 1.54) is 4.90 Å². The molecule has 1 atom stereocenters. The molecule has 0 aliphatic heterocycles. The van der Waals surface area contributed by atoms with E-state index >= 15 is 0 Å². The van der Waals surface area contributed by atoms with Crippen LogP contribution in [0.1, 0.15) is 27.2 Å². The molecule has 1 N–H and O–H groups in total. The average molecular weight is 244 g/mol. The number of hydrogen-bond donors (Lipinski definition) is 1. The molecule has 0 fully saturated rings. The van der Waals surface area contributed by atoms with Crippen LogP contribution in [0.2, 0.25) is 0 Å². The summed E-state index contributed by atoms with van der Waals surface area (Å²) in [6.45, 7) is 6.74. The van der Waals surface area contributed by atoms with Crippen molar-refractivity contribution in [2.75, 3.05) is 27.2 Å². The average Bonchev–Trinajstić information content (AvgIpc) is 2.24. The molecule has 0 aliphatic carbocycles. The van der Waals surface area contributed by atoms with Crippen LogP contribution in [0.4, 0.5) is 4.79 Å². The van der Waals surface area contributed by atoms with Gasteiger partial charge in [-0.3, -0.25) is 4.79 Å². The van der Waals surface area contributed by atoms with Crippen LogP contribution in [0.15, 0.2) is 0 Å². The molecule has 0 aliphatic rings. The number of hydrogen-bond acceptors (Lipinski definition) is 2. The lowest BCUT2D eigenvalue weighted by molar-refractivity contribution is -0.141. The maximum absolute atomic E-state index is 11.9. The number of carboxylic acid groups (broad SMARTS) is 1. The van der Waals surface area contributed by atoms with Gasteiger partial charge < -0.3 is 14.9 Å². The van der Waals surface area contributed by atoms with Crippen molar-refractivity contribution >= 4 is 12.0 Å². The van der Waals surface area contributed by atoms with E-state index in [0.717, 1.165) is 6.42 Å². The molecule has 1 unspecified atom stereocenters. The van der Waals surface area contributed by atoms with Crippen molar-refractivity contribution in [1.82, 2.24) is 9.80 Å². The molecule has 0 spiro atoms. The lowest BCUT2D eigenvalue weighted by Gasteiger charge is -2.26. The normalized spacial score (nSPS) is 12.4. The quantitative estimate of drug-likeness (QED) is 0.774. The van der Waals surface area contributed by atoms with Gasteiger partial charge in [-0.2, -0.15) is 0 Å². The lowest BCUT2D eigenvalue weighted by atomic mass is 10.1. The number of carbonyl (C=O) groups is 2. The first-order chi connectivity index (χ1) is 7.75. The second-order valence-corrected chi connectivity index (χ2v) is 5.01. The molecule has 2 amide bonds. The first kappa shape index (κ1) is 15.7. The summed E-state index contributed by atoms with van der Waals surface area (Å²) < 4.78 is 0. The molecule has 0 saturated carbocycles. The first-order valence-corrected chi connectivity index (χ1v) is 5.94. The second kappa shape index (κ2) is 7.14. The molecule has 0 aromatic rings. The molecule has 0 bridgehead atoms. The fourth-order valence-electron chi connectivity index (χ4n) is 1.41. The highest BCUT2D eigenvalue weighted by molar-refractivity contribution is 5.75. The number of carbonyl (C=O) groups excluding carboxylic acids is 1. The minimum absolute atomic E-state index is 0.126. The zero-order chi connectivity index (χ0) is 13.6. The van der Waals surface area contributed by atoms with Crippen LogP contribution in [0.25, 0.3) is 0 Å². The van der Waals surface area contributed by atoms with Gasteiger partial charge in [0.25, 0.3) is 0 Å². The highest BCUT2D eigenvalue weighted by Crippen LogP contribution is 2.05. The third kappa shape index (κ3) is 6.14. The van der Waals surface area contributed by atoms with Gasteiger partial charge in [0.2, 0.25) is 0 Å². The summed E-state index contributed by atoms with van der Waals surface area (Å²) in [6.07, 6.45) is 0.949. The molecule has 5 heteroatoms. The van der Waals surface area contributed by atoms with Crippen molar-refractivity contribution in [3.63, 3.8) is 0 Å². The predicted molar refractivity (Wildman–Crippen MR) is 66.9 cm³/mol. The van der Waals surface area contributed by atoms with E-state index in [1.54, 1.807) is 25.9 Å². The molecule has 100 valence electrons. The van der Waals surface area contributed by atoms with Crippen molar-refractivity contribution in [2.45, 2.75) is 27.2 Å². The SMILES string of the molecule is CC(C)CCN(C)C(=O)N(C)CC(C)C(=O)O. The third-order valence-corrected chi connectivity index (χ3v) is 2.66. The number of rotatable bonds is 6. The fraction of sp³-hybridized carbons (Fsp3) is 0.833. The number of carboxylic acids is 1. The Morgan fingerprint density at radius 2 is 1.65 bits per heavy atom. The highest BCUT2D eigenvalue weighted by atomic mass is 16.4. The van der Waals surface area contributed by atoms with Gasteiger partial charge >= 0.3 is 12.0 Å². The van der Waals surface area contributed by atoms with Gasteiger partial charge in [-0.05, 0) is 12.3 Å². The van der Waals surface area contributed by atoms with Crippen molar-refractivity contribution < 1.29 is 14.7 Å². The summed E-state index contributed by atoms with van der Waals surface area (Å²) in [5, 5.41) is 8.78. The number of nitrogens with zero attached hydrogens (tertiary/aromatic N) is 2. The van der Waals surface area contributed by atoms with Gasteiger partial charge in [-0.15, -0.1) is 0 Å². The number of urea groups is 1. The maximum atomic E-state index is 11.9. The van der Waals surface area contributed by atoms with E-state index in [1.807, 2.05) is 0 Å². The minimum Gasteiger partial charge on any atom is -0.481 e. The molecule has 0 rings (SSSR count). The standard InChI is InChI=1S/C12H24N2O3/c1-9(2)6-7-13(4)12(17)14(5)8-10(3)11(15)16/h9-10H,6-8H2,1-5H3,(H,15,16). The van der Waals surface area contributed by atoms with Crippen molar-refractivity contribution in [2.24, 2.45) is 11.8 Å². The second-order valence-electron chi connectivity index (χ2n) is 5.01. The zero-order valence-electron chi connectivity index (χ0n) is 11.4. The van der Waals surface area contributed by atoms with E-state index < -0.39 is 11.9 Å². The predicted octanol–water partition coefficient (Wildman–Crippen LogP) is 1.74. The zero-order valence-corrected chi connectivity index (χ0v) is 11.4. The van der Waals surface area contributed by atoms with E-state index in [2.05, 4.69) is 13.8 Å². The Bertz CT molecular complexity index is 266. The van der Waals surface area contributed by atoms with E-state index in [4.69, 9.17) is 5.11 Å². The summed E-state index contributed by atoms with van der Waals surface area (Å²) in [4.78, 5) is 25.7. The Hall–Kier alpha value is -1.26. The van der Waals surface area contributed by atoms with Crippen LogP contribution in [0.3, 0.4) is 0 Å². The van der Waals surface area contributed by atoms with E-state index in [0.29, 0.717) is 12.5 Å². The van der Waals surface area contributed by atoms with Gasteiger partial charge in [0, 0.05) is 27.2 Å². The van der Waals surface area contributed by atoms with Gasteiger partial charge in [0.1, 0.15) is 0 Å². The van der Waals surface area contributed by atoms with Crippen molar-refractivity contribution in [1.29, 1.82) is 0 Å². The largest absolute Gasteiger partial charge is 0.481 e. The summed E-state index contributed by atoms with van der Waals surface area (Å²) in [6, 6.07) is -0.126. The maximum Gasteiger partial charge on any atom is 0.319 e. The molecule has 0 radical (unpaired) electrons. The topological polar surface area (TPSA) is 60.9 Å². The molecule has 0 saturated heterocycles. The molecule has 0 heterocycles.